The third-order valence-electron chi connectivity index (χ3n) is 21.5. The van der Waals surface area contributed by atoms with Crippen LogP contribution in [-0.4, -0.2) is 208 Å². The van der Waals surface area contributed by atoms with Crippen LogP contribution in [0.1, 0.15) is 128 Å². The fourth-order valence-corrected chi connectivity index (χ4v) is 17.6. The van der Waals surface area contributed by atoms with Gasteiger partial charge in [0.2, 0.25) is 23.6 Å². The number of rotatable bonds is 21. The van der Waals surface area contributed by atoms with Crippen molar-refractivity contribution in [1.29, 1.82) is 0 Å². The standard InChI is InChI=1S/C24H31IN4O3Si.C23H18ClFN4O4.C17H16IN5O3.C17H15IN4O4.C3H9BO2/c1-16(30)22-20-14-28(21(31)12-17-8-10-18(26-5)11-9-17)19(13-29(20)27-23(22)25)15-32-33(6,7)24(2,3)4;1-26-15-5-2-13(3-6-15)8-20(31)28-11-19-21(23(32)33)22(27-29(19)10-16(28)12-30)14-4-7-18(25)17(24)9-14;1-20-11-4-2-10(3-5-11)6-14(25)22-8-13-15(17(19)26)16(18)21-23(13)7-12(22)9-24;1-19-11-4-2-10(3-5-11)6-14(24)21-8-13-15(17(25)26)16(18)20-22(13)7-12(21)9-23;1-2-3-4(5)6/h8-11,19H,12-15H2,1-4,6-7H3;2-7,9,16,30H,8,10-12H2,(H,32,33);2-5,12,24H,6-9H2,(H2,19,26);2-5,12,23H,6-9H2,(H,25,26);5-6H,2-3H2,1H3. The van der Waals surface area contributed by atoms with E-state index < -0.39 is 57.2 Å². The van der Waals surface area contributed by atoms with Crippen LogP contribution in [0.4, 0.5) is 27.1 Å². The Hall–Kier alpha value is -10.7. The number of carbonyl (C=O) groups is 8. The molecule has 0 fully saturated rings. The van der Waals surface area contributed by atoms with Crippen LogP contribution in [0.15, 0.2) is 115 Å². The lowest BCUT2D eigenvalue weighted by atomic mass is 9.85. The molecule has 40 heteroatoms. The molecule has 0 spiro atoms. The number of nitrogens with zero attached hydrogens (tertiary/aromatic N) is 16. The molecule has 5 aromatic carbocycles. The summed E-state index contributed by atoms with van der Waals surface area (Å²) in [5.74, 6) is -4.28. The number of carboxylic acid groups (broad SMARTS) is 2. The average Bonchev–Trinajstić information content (AvgIpc) is 1.64. The number of carbonyl (C=O) groups excluding carboxylic acids is 6. The summed E-state index contributed by atoms with van der Waals surface area (Å²) in [5, 5.41) is 82.2. The van der Waals surface area contributed by atoms with Crippen LogP contribution in [-0.2, 0) is 102 Å². The van der Waals surface area contributed by atoms with Gasteiger partial charge < -0.3 is 65.3 Å². The highest BCUT2D eigenvalue weighted by atomic mass is 127. The largest absolute Gasteiger partial charge is 0.478 e. The Kier molecular flexibility index (Phi) is 33.9. The van der Waals surface area contributed by atoms with Crippen molar-refractivity contribution in [2.24, 2.45) is 5.73 Å². The number of hydrogen-bond donors (Lipinski definition) is 8. The predicted molar refractivity (Wildman–Crippen MR) is 483 cm³/mol. The number of aliphatic hydroxyl groups is 3. The van der Waals surface area contributed by atoms with E-state index in [1.54, 1.807) is 99.2 Å². The number of nitrogens with two attached hydrogens (primary N) is 1. The molecule has 33 nitrogen and oxygen atoms in total. The molecular formula is C84H89BClFI3N17O16Si. The highest BCUT2D eigenvalue weighted by Gasteiger charge is 2.43. The minimum atomic E-state index is -2.00. The van der Waals surface area contributed by atoms with E-state index in [1.165, 1.54) is 33.5 Å². The second-order valence-corrected chi connectivity index (χ2v) is 39.1. The van der Waals surface area contributed by atoms with Gasteiger partial charge in [-0.1, -0.05) is 143 Å². The van der Waals surface area contributed by atoms with Gasteiger partial charge in [-0.05, 0) is 140 Å². The van der Waals surface area contributed by atoms with Gasteiger partial charge in [-0.25, -0.2) is 33.4 Å². The van der Waals surface area contributed by atoms with Gasteiger partial charge >= 0.3 is 19.1 Å². The number of halogens is 5. The van der Waals surface area contributed by atoms with Crippen molar-refractivity contribution in [2.45, 2.75) is 168 Å². The molecule has 4 aliphatic rings. The van der Waals surface area contributed by atoms with Crippen molar-refractivity contribution in [3.63, 3.8) is 0 Å². The van der Waals surface area contributed by atoms with Gasteiger partial charge in [0.05, 0.1) is 194 Å². The summed E-state index contributed by atoms with van der Waals surface area (Å²) in [6, 6.07) is 29.4. The summed E-state index contributed by atoms with van der Waals surface area (Å²) < 4.78 is 28.1. The molecule has 8 heterocycles. The Balaban J connectivity index is 0.000000184. The van der Waals surface area contributed by atoms with Crippen LogP contribution in [0, 0.1) is 43.2 Å². The number of ketones is 1. The lowest BCUT2D eigenvalue weighted by molar-refractivity contribution is -0.136. The zero-order valence-corrected chi connectivity index (χ0v) is 76.7. The number of aromatic nitrogens is 8. The monoisotopic (exact) mass is 2070 g/mol. The number of Topliss-reactive ketones (excluding diaryl/α,β-unsaturated/α-hetero) is 1. The molecule has 0 saturated carbocycles. The fraction of sp³-hybridized carbons (Fsp3) is 0.357. The molecule has 0 radical (unpaired) electrons. The number of aromatic carboxylic acids is 2. The number of primary amides is 1. The lowest BCUT2D eigenvalue weighted by Gasteiger charge is -2.41. The molecule has 0 aliphatic carbocycles. The van der Waals surface area contributed by atoms with E-state index in [1.807, 2.05) is 73.8 Å². The SMILES string of the molecule is CCCB(O)O.[C-]#[N+]c1ccc(CC(=O)N2Cc3c(C(=O)O)c(-c4ccc(F)c(Cl)c4)nn3CC2CO)cc1.[C-]#[N+]c1ccc(CC(=O)N2Cc3c(C(=O)O)c(I)nn3CC2CO)cc1.[C-]#[N+]c1ccc(CC(=O)N2Cc3c(C(C)=O)c(I)nn3CC2CO[Si](C)(C)C(C)(C)C)cc1.[C-]#[N+]c1ccc(CC(=O)N2Cc3c(C(N)=O)c(I)nn3CC2CO)cc1. The molecule has 5 amide bonds. The Bertz CT molecular complexity index is 5490. The highest BCUT2D eigenvalue weighted by Crippen LogP contribution is 2.39. The van der Waals surface area contributed by atoms with Gasteiger partial charge in [0, 0.05) is 5.56 Å². The van der Waals surface area contributed by atoms with Gasteiger partial charge in [-0.15, -0.1) is 0 Å². The second kappa shape index (κ2) is 43.3. The summed E-state index contributed by atoms with van der Waals surface area (Å²) in [6.45, 7) is 43.8. The Morgan fingerprint density at radius 1 is 0.524 bits per heavy atom. The summed E-state index contributed by atoms with van der Waals surface area (Å²) >= 11 is 11.8. The van der Waals surface area contributed by atoms with Crippen molar-refractivity contribution in [2.75, 3.05) is 26.4 Å². The van der Waals surface area contributed by atoms with Gasteiger partial charge in [0.1, 0.15) is 33.7 Å². The van der Waals surface area contributed by atoms with E-state index in [2.05, 4.69) is 96.2 Å². The van der Waals surface area contributed by atoms with Gasteiger partial charge in [0.25, 0.3) is 5.91 Å². The lowest BCUT2D eigenvalue weighted by Crippen LogP contribution is -2.52. The van der Waals surface area contributed by atoms with Gasteiger partial charge in [-0.3, -0.25) is 47.5 Å². The molecule has 0 saturated heterocycles. The Labute approximate surface area is 761 Å². The van der Waals surface area contributed by atoms with Crippen LogP contribution in [0.5, 0.6) is 0 Å². The number of aliphatic hydroxyl groups excluding tert-OH is 3. The normalized spacial score (nSPS) is 15.5. The minimum Gasteiger partial charge on any atom is -0.478 e. The van der Waals surface area contributed by atoms with Crippen molar-refractivity contribution in [3.05, 3.63) is 250 Å². The van der Waals surface area contributed by atoms with Crippen molar-refractivity contribution < 1.29 is 82.8 Å². The minimum absolute atomic E-state index is 0.0219. The van der Waals surface area contributed by atoms with E-state index in [-0.39, 0.29) is 141 Å². The van der Waals surface area contributed by atoms with E-state index >= 15 is 0 Å². The van der Waals surface area contributed by atoms with Crippen molar-refractivity contribution in [1.82, 2.24) is 58.7 Å². The molecule has 4 unspecified atom stereocenters. The fourth-order valence-electron chi connectivity index (χ4n) is 13.8. The molecule has 124 heavy (non-hydrogen) atoms. The van der Waals surface area contributed by atoms with Crippen LogP contribution in [0.25, 0.3) is 30.6 Å². The van der Waals surface area contributed by atoms with E-state index in [9.17, 15) is 68.3 Å². The van der Waals surface area contributed by atoms with E-state index in [0.717, 1.165) is 34.9 Å². The molecule has 9 aromatic rings. The molecule has 4 atom stereocenters. The first-order valence-electron chi connectivity index (χ1n) is 38.8. The average molecular weight is 2070 g/mol. The molecule has 13 rings (SSSR count). The summed E-state index contributed by atoms with van der Waals surface area (Å²) in [4.78, 5) is 119. The zero-order chi connectivity index (χ0) is 90.9. The van der Waals surface area contributed by atoms with E-state index in [0.29, 0.717) is 106 Å². The van der Waals surface area contributed by atoms with Gasteiger partial charge in [-0.2, -0.15) is 20.4 Å². The van der Waals surface area contributed by atoms with Crippen molar-refractivity contribution in [3.8, 4) is 11.3 Å². The summed E-state index contributed by atoms with van der Waals surface area (Å²) in [5.41, 5.74) is 14.1. The zero-order valence-electron chi connectivity index (χ0n) is 68.5. The van der Waals surface area contributed by atoms with Crippen LogP contribution in [0.3, 0.4) is 0 Å². The number of fused-ring (bicyclic) bond motifs is 4. The van der Waals surface area contributed by atoms with E-state index in [4.69, 9.17) is 58.1 Å². The van der Waals surface area contributed by atoms with Crippen LogP contribution >= 0.6 is 79.4 Å². The van der Waals surface area contributed by atoms with Crippen molar-refractivity contribution >= 4 is 165 Å². The smallest absolute Gasteiger partial charge is 0.451 e. The summed E-state index contributed by atoms with van der Waals surface area (Å²) in [7, 11) is -3.11. The maximum Gasteiger partial charge on any atom is 0.451 e. The molecule has 9 N–H and O–H groups in total. The number of amides is 5. The molecular weight excluding hydrogens is 1980 g/mol. The highest BCUT2D eigenvalue weighted by molar-refractivity contribution is 14.1. The number of hydrogen-bond acceptors (Lipinski definition) is 18. The topological polar surface area (TPSA) is 415 Å². The van der Waals surface area contributed by atoms with Crippen LogP contribution < -0.4 is 5.73 Å². The Morgan fingerprint density at radius 3 is 1.14 bits per heavy atom. The first-order valence-corrected chi connectivity index (χ1v) is 45.3. The van der Waals surface area contributed by atoms with Crippen LogP contribution in [0.2, 0.25) is 29.5 Å². The summed E-state index contributed by atoms with van der Waals surface area (Å²) in [6.07, 6.45) is 1.84. The first-order chi connectivity index (χ1) is 58.8. The third-order valence-corrected chi connectivity index (χ3v) is 28.5. The molecule has 4 aromatic heterocycles. The van der Waals surface area contributed by atoms with Gasteiger partial charge in [0.15, 0.2) is 36.9 Å². The predicted octanol–water partition coefficient (Wildman–Crippen LogP) is 11.4. The maximum atomic E-state index is 13.6. The molecule has 4 aliphatic heterocycles. The molecule has 0 bridgehead atoms. The first kappa shape index (κ1) is 97.1. The molecule has 648 valence electrons. The quantitative estimate of drug-likeness (QED) is 0.0143. The maximum absolute atomic E-state index is 13.6. The number of carboxylic acids is 2. The Morgan fingerprint density at radius 2 is 0.839 bits per heavy atom. The third kappa shape index (κ3) is 23.9. The number of benzene rings is 5. The second-order valence-electron chi connectivity index (χ2n) is 30.8.